The van der Waals surface area contributed by atoms with Crippen LogP contribution >= 0.6 is 0 Å². The van der Waals surface area contributed by atoms with Crippen molar-refractivity contribution in [1.82, 2.24) is 9.80 Å². The van der Waals surface area contributed by atoms with Crippen LogP contribution in [0.2, 0.25) is 0 Å². The van der Waals surface area contributed by atoms with E-state index >= 15 is 4.39 Å². The molecule has 1 unspecified atom stereocenters. The van der Waals surface area contributed by atoms with E-state index in [1.807, 2.05) is 36.8 Å². The molecule has 5 rings (SSSR count). The number of fused-ring (bicyclic) bond motifs is 1. The van der Waals surface area contributed by atoms with Gasteiger partial charge < -0.3 is 19.8 Å². The lowest BCUT2D eigenvalue weighted by atomic mass is 9.96. The van der Waals surface area contributed by atoms with Gasteiger partial charge in [-0.2, -0.15) is 0 Å². The van der Waals surface area contributed by atoms with Gasteiger partial charge in [-0.05, 0) is 56.4 Å². The molecule has 1 amide bonds. The smallest absolute Gasteiger partial charge is 0.333 e. The summed E-state index contributed by atoms with van der Waals surface area (Å²) in [5.74, 6) is -0.981. The SMILES string of the molecule is C=C(/C=C1/N=C(C(=O)N2CCCCCC2C)C=C(C2(C)CC2)N1C)c1ccc2c(c1F)N(C)CC(C(=O)O)=C2.CC. The van der Waals surface area contributed by atoms with E-state index in [-0.39, 0.29) is 29.5 Å². The van der Waals surface area contributed by atoms with Crippen molar-refractivity contribution in [2.45, 2.75) is 72.3 Å². The Morgan fingerprint density at radius 2 is 1.85 bits per heavy atom. The number of nitrogens with zero attached hydrogens (tertiary/aromatic N) is 4. The molecule has 1 saturated heterocycles. The van der Waals surface area contributed by atoms with Gasteiger partial charge in [-0.3, -0.25) is 4.79 Å². The fourth-order valence-electron chi connectivity index (χ4n) is 5.83. The Labute approximate surface area is 243 Å². The Kier molecular flexibility index (Phi) is 8.90. The first kappa shape index (κ1) is 30.3. The van der Waals surface area contributed by atoms with Gasteiger partial charge in [0, 0.05) is 55.5 Å². The number of halogens is 1. The third-order valence-electron chi connectivity index (χ3n) is 8.56. The number of aliphatic carboxylic acids is 1. The van der Waals surface area contributed by atoms with E-state index in [1.54, 1.807) is 30.2 Å². The molecule has 1 aromatic rings. The van der Waals surface area contributed by atoms with Gasteiger partial charge in [-0.1, -0.05) is 52.3 Å². The van der Waals surface area contributed by atoms with Gasteiger partial charge in [-0.25, -0.2) is 14.2 Å². The lowest BCUT2D eigenvalue weighted by molar-refractivity contribution is -0.132. The fraction of sp³-hybridized carbons (Fsp3) is 0.485. The maximum absolute atomic E-state index is 15.8. The highest BCUT2D eigenvalue weighted by Gasteiger charge is 2.45. The zero-order valence-corrected chi connectivity index (χ0v) is 25.3. The highest BCUT2D eigenvalue weighted by molar-refractivity contribution is 6.44. The molecule has 0 spiro atoms. The van der Waals surface area contributed by atoms with Crippen molar-refractivity contribution in [1.29, 1.82) is 0 Å². The van der Waals surface area contributed by atoms with Crippen molar-refractivity contribution in [3.8, 4) is 0 Å². The van der Waals surface area contributed by atoms with Crippen LogP contribution in [0.1, 0.15) is 77.3 Å². The number of anilines is 1. The number of likely N-dealkylation sites (N-methyl/N-ethyl adjacent to an activating group) is 1. The Bertz CT molecular complexity index is 1370. The van der Waals surface area contributed by atoms with Crippen LogP contribution < -0.4 is 4.90 Å². The molecular formula is C33H43FN4O3. The summed E-state index contributed by atoms with van der Waals surface area (Å²) < 4.78 is 15.8. The number of carbonyl (C=O) groups excluding carboxylic acids is 1. The zero-order chi connectivity index (χ0) is 30.1. The molecule has 4 aliphatic rings. The minimum absolute atomic E-state index is 0.0188. The molecule has 2 fully saturated rings. The third-order valence-corrected chi connectivity index (χ3v) is 8.56. The van der Waals surface area contributed by atoms with Gasteiger partial charge in [0.05, 0.1) is 11.3 Å². The van der Waals surface area contributed by atoms with Crippen LogP contribution in [0.5, 0.6) is 0 Å². The number of aliphatic imine (C=N–C) groups is 1. The van der Waals surface area contributed by atoms with Gasteiger partial charge >= 0.3 is 5.97 Å². The van der Waals surface area contributed by atoms with Crippen molar-refractivity contribution in [3.63, 3.8) is 0 Å². The minimum Gasteiger partial charge on any atom is -0.478 e. The van der Waals surface area contributed by atoms with E-state index in [0.29, 0.717) is 33.9 Å². The first-order chi connectivity index (χ1) is 19.5. The minimum atomic E-state index is -1.02. The monoisotopic (exact) mass is 562 g/mol. The van der Waals surface area contributed by atoms with E-state index in [4.69, 9.17) is 4.99 Å². The van der Waals surface area contributed by atoms with Crippen LogP contribution in [0.25, 0.3) is 11.6 Å². The Balaban J connectivity index is 0.00000189. The molecule has 3 heterocycles. The third kappa shape index (κ3) is 6.02. The lowest BCUT2D eigenvalue weighted by Crippen LogP contribution is -2.43. The molecule has 1 aliphatic carbocycles. The molecule has 1 saturated carbocycles. The Hall–Kier alpha value is -3.68. The number of rotatable bonds is 5. The molecule has 8 heteroatoms. The first-order valence-electron chi connectivity index (χ1n) is 14.7. The van der Waals surface area contributed by atoms with Gasteiger partial charge in [0.15, 0.2) is 5.82 Å². The molecule has 3 aliphatic heterocycles. The average Bonchev–Trinajstić information content (AvgIpc) is 3.73. The molecule has 1 N–H and O–H groups in total. The number of hydrogen-bond acceptors (Lipinski definition) is 5. The van der Waals surface area contributed by atoms with Crippen LogP contribution in [0.3, 0.4) is 0 Å². The van der Waals surface area contributed by atoms with Crippen molar-refractivity contribution < 1.29 is 19.1 Å². The molecule has 220 valence electrons. The summed E-state index contributed by atoms with van der Waals surface area (Å²) in [6.07, 6.45) is 11.5. The van der Waals surface area contributed by atoms with Crippen molar-refractivity contribution in [2.75, 3.05) is 32.1 Å². The van der Waals surface area contributed by atoms with E-state index in [1.165, 1.54) is 6.08 Å². The van der Waals surface area contributed by atoms with Gasteiger partial charge in [0.1, 0.15) is 11.5 Å². The first-order valence-corrected chi connectivity index (χ1v) is 14.7. The van der Waals surface area contributed by atoms with E-state index in [9.17, 15) is 14.7 Å². The molecular weight excluding hydrogens is 519 g/mol. The summed E-state index contributed by atoms with van der Waals surface area (Å²) in [6, 6.07) is 3.50. The number of amides is 1. The van der Waals surface area contributed by atoms with Crippen molar-refractivity contribution in [2.24, 2.45) is 10.4 Å². The predicted molar refractivity (Wildman–Crippen MR) is 164 cm³/mol. The second-order valence-electron chi connectivity index (χ2n) is 11.6. The normalized spacial score (nSPS) is 22.4. The second-order valence-corrected chi connectivity index (χ2v) is 11.6. The van der Waals surface area contributed by atoms with E-state index in [2.05, 4.69) is 20.4 Å². The Morgan fingerprint density at radius 1 is 1.15 bits per heavy atom. The fourth-order valence-corrected chi connectivity index (χ4v) is 5.83. The number of carbonyl (C=O) groups is 2. The Morgan fingerprint density at radius 3 is 2.51 bits per heavy atom. The maximum atomic E-state index is 15.8. The number of carboxylic acid groups (broad SMARTS) is 1. The van der Waals surface area contributed by atoms with Gasteiger partial charge in [-0.15, -0.1) is 0 Å². The molecule has 41 heavy (non-hydrogen) atoms. The van der Waals surface area contributed by atoms with Crippen LogP contribution in [0.4, 0.5) is 10.1 Å². The lowest BCUT2D eigenvalue weighted by Gasteiger charge is -2.33. The summed E-state index contributed by atoms with van der Waals surface area (Å²) >= 11 is 0. The van der Waals surface area contributed by atoms with E-state index in [0.717, 1.165) is 50.8 Å². The topological polar surface area (TPSA) is 76.5 Å². The van der Waals surface area contributed by atoms with Gasteiger partial charge in [0.2, 0.25) is 0 Å². The zero-order valence-electron chi connectivity index (χ0n) is 25.3. The van der Waals surface area contributed by atoms with Crippen LogP contribution in [-0.2, 0) is 9.59 Å². The molecule has 1 aromatic carbocycles. The number of allylic oxidation sites excluding steroid dienone is 3. The predicted octanol–water partition coefficient (Wildman–Crippen LogP) is 6.49. The molecule has 0 bridgehead atoms. The standard InChI is InChI=1S/C31H37FN4O3.C2H6/c1-19(23-11-10-21-16-22(30(38)39)18-34(4)28(21)27(23)32)15-26-33-24(17-25(35(26)5)31(3)12-13-31)29(37)36-14-8-6-7-9-20(36)2;1-2/h10-11,15-17,20H,1,6-9,12-14,18H2,2-5H3,(H,38,39);1-2H3/b26-15-;. The van der Waals surface area contributed by atoms with Crippen LogP contribution in [0.15, 0.2) is 52.9 Å². The summed E-state index contributed by atoms with van der Waals surface area (Å²) in [7, 11) is 3.61. The summed E-state index contributed by atoms with van der Waals surface area (Å²) in [5, 5.41) is 9.40. The summed E-state index contributed by atoms with van der Waals surface area (Å²) in [4.78, 5) is 35.5. The number of benzene rings is 1. The highest BCUT2D eigenvalue weighted by Crippen LogP contribution is 2.53. The molecule has 1 atom stereocenters. The van der Waals surface area contributed by atoms with Gasteiger partial charge in [0.25, 0.3) is 5.91 Å². The molecule has 7 nitrogen and oxygen atoms in total. The van der Waals surface area contributed by atoms with Crippen LogP contribution in [0, 0.1) is 11.2 Å². The summed E-state index contributed by atoms with van der Waals surface area (Å²) in [6.45, 7) is 13.3. The molecule has 0 aromatic heterocycles. The van der Waals surface area contributed by atoms with Crippen molar-refractivity contribution >= 4 is 34.9 Å². The van der Waals surface area contributed by atoms with Crippen LogP contribution in [-0.4, -0.2) is 65.7 Å². The highest BCUT2D eigenvalue weighted by atomic mass is 19.1. The van der Waals surface area contributed by atoms with Crippen molar-refractivity contribution in [3.05, 3.63) is 64.9 Å². The number of carboxylic acids is 1. The number of likely N-dealkylation sites (tertiary alicyclic amines) is 1. The maximum Gasteiger partial charge on any atom is 0.333 e. The number of hydrogen-bond donors (Lipinski definition) is 1. The average molecular weight is 563 g/mol. The largest absolute Gasteiger partial charge is 0.478 e. The van der Waals surface area contributed by atoms with E-state index < -0.39 is 11.8 Å². The summed E-state index contributed by atoms with van der Waals surface area (Å²) in [5.41, 5.74) is 3.25. The molecule has 0 radical (unpaired) electrons. The quantitative estimate of drug-likeness (QED) is 0.444. The second kappa shape index (κ2) is 12.0.